The molecule has 1 atom stereocenters. The molecule has 1 aliphatic heterocycles. The highest BCUT2D eigenvalue weighted by Crippen LogP contribution is 2.37. The Labute approximate surface area is 203 Å². The predicted molar refractivity (Wildman–Crippen MR) is 132 cm³/mol. The lowest BCUT2D eigenvalue weighted by Gasteiger charge is -2.22. The van der Waals surface area contributed by atoms with Crippen LogP contribution in [-0.2, 0) is 16.6 Å². The quantitative estimate of drug-likeness (QED) is 0.317. The lowest BCUT2D eigenvalue weighted by atomic mass is 10.1. The Balaban J connectivity index is 1.42. The van der Waals surface area contributed by atoms with Crippen LogP contribution in [0, 0.1) is 5.41 Å². The molecule has 0 bridgehead atoms. The van der Waals surface area contributed by atoms with Crippen molar-refractivity contribution in [3.05, 3.63) is 65.2 Å². The molecule has 2 aromatic carbocycles. The molecule has 1 aliphatic rings. The highest BCUT2D eigenvalue weighted by atomic mass is 32.2. The smallest absolute Gasteiger partial charge is 0.243 e. The minimum atomic E-state index is -3.60. The molecule has 0 aliphatic carbocycles. The lowest BCUT2D eigenvalue weighted by Crippen LogP contribution is -2.31. The first-order valence-electron chi connectivity index (χ1n) is 10.8. The van der Waals surface area contributed by atoms with Gasteiger partial charge in [-0.1, -0.05) is 24.3 Å². The fourth-order valence-corrected chi connectivity index (χ4v) is 6.43. The molecule has 3 aromatic rings. The second kappa shape index (κ2) is 10.4. The maximum absolute atomic E-state index is 13.1. The minimum Gasteiger partial charge on any atom is -0.496 e. The van der Waals surface area contributed by atoms with Gasteiger partial charge in [0.05, 0.1) is 43.0 Å². The first-order chi connectivity index (χ1) is 16.4. The summed E-state index contributed by atoms with van der Waals surface area (Å²) in [6.45, 7) is 0.781. The Morgan fingerprint density at radius 2 is 1.85 bits per heavy atom. The summed E-state index contributed by atoms with van der Waals surface area (Å²) in [5, 5.41) is 16.6. The van der Waals surface area contributed by atoms with Gasteiger partial charge in [-0.05, 0) is 37.1 Å². The molecular formula is C23H27N5O4S2. The number of nitrogens with one attached hydrogen (secondary N) is 3. The number of thiazole rings is 1. The van der Waals surface area contributed by atoms with Crippen molar-refractivity contribution in [2.24, 2.45) is 0 Å². The van der Waals surface area contributed by atoms with E-state index in [-0.39, 0.29) is 16.9 Å². The molecule has 0 spiro atoms. The van der Waals surface area contributed by atoms with E-state index < -0.39 is 10.0 Å². The zero-order valence-corrected chi connectivity index (χ0v) is 20.6. The molecule has 1 aromatic heterocycles. The van der Waals surface area contributed by atoms with Gasteiger partial charge in [-0.3, -0.25) is 5.41 Å². The molecule has 2 heterocycles. The second-order valence-electron chi connectivity index (χ2n) is 7.66. The number of aromatic nitrogens is 1. The van der Waals surface area contributed by atoms with Gasteiger partial charge < -0.3 is 20.1 Å². The molecule has 0 amide bonds. The van der Waals surface area contributed by atoms with Crippen LogP contribution >= 0.6 is 11.3 Å². The van der Waals surface area contributed by atoms with Crippen LogP contribution in [0.25, 0.3) is 0 Å². The highest BCUT2D eigenvalue weighted by Gasteiger charge is 2.37. The Morgan fingerprint density at radius 1 is 1.15 bits per heavy atom. The van der Waals surface area contributed by atoms with Crippen molar-refractivity contribution < 1.29 is 17.9 Å². The molecule has 0 saturated carbocycles. The van der Waals surface area contributed by atoms with Crippen LogP contribution in [0.15, 0.2) is 58.8 Å². The van der Waals surface area contributed by atoms with Gasteiger partial charge >= 0.3 is 0 Å². The van der Waals surface area contributed by atoms with Gasteiger partial charge in [0.15, 0.2) is 11.1 Å². The van der Waals surface area contributed by atoms with Crippen molar-refractivity contribution in [2.45, 2.75) is 30.3 Å². The van der Waals surface area contributed by atoms with E-state index in [1.165, 1.54) is 15.6 Å². The van der Waals surface area contributed by atoms with Gasteiger partial charge in [0, 0.05) is 11.9 Å². The Morgan fingerprint density at radius 3 is 2.53 bits per heavy atom. The molecule has 3 N–H and O–H groups in total. The summed E-state index contributed by atoms with van der Waals surface area (Å²) in [6, 6.07) is 13.7. The normalized spacial score (nSPS) is 16.2. The minimum absolute atomic E-state index is 0.0639. The number of anilines is 1. The van der Waals surface area contributed by atoms with Crippen LogP contribution in [0.1, 0.15) is 30.1 Å². The zero-order chi connectivity index (χ0) is 24.1. The maximum Gasteiger partial charge on any atom is 0.243 e. The van der Waals surface area contributed by atoms with Crippen LogP contribution in [0.3, 0.4) is 0 Å². The SMILES string of the molecule is COc1cccc(OC)c1CNC(=N)Nc1nc(C2CCCN2S(=O)(=O)c2ccccc2)cs1. The van der Waals surface area contributed by atoms with E-state index in [2.05, 4.69) is 15.6 Å². The standard InChI is InChI=1S/C23H27N5O4S2/c1-31-20-11-6-12-21(32-2)17(20)14-25-22(24)27-23-26-18(15-33-23)19-10-7-13-28(19)34(29,30)16-8-4-3-5-9-16/h3-6,8-9,11-12,15,19H,7,10,13-14H2,1-2H3,(H3,24,25,26,27). The molecule has 34 heavy (non-hydrogen) atoms. The van der Waals surface area contributed by atoms with Gasteiger partial charge in [0.1, 0.15) is 11.5 Å². The molecule has 11 heteroatoms. The fraction of sp³-hybridized carbons (Fsp3) is 0.304. The molecule has 0 radical (unpaired) electrons. The highest BCUT2D eigenvalue weighted by molar-refractivity contribution is 7.89. The third kappa shape index (κ3) is 5.01. The second-order valence-corrected chi connectivity index (χ2v) is 10.4. The summed E-state index contributed by atoms with van der Waals surface area (Å²) in [6.07, 6.45) is 1.48. The van der Waals surface area contributed by atoms with Gasteiger partial charge in [-0.25, -0.2) is 13.4 Å². The Kier molecular flexibility index (Phi) is 7.35. The number of ether oxygens (including phenoxy) is 2. The van der Waals surface area contributed by atoms with E-state index in [1.54, 1.807) is 44.6 Å². The number of sulfonamides is 1. The molecule has 1 fully saturated rings. The average molecular weight is 502 g/mol. The molecule has 9 nitrogen and oxygen atoms in total. The predicted octanol–water partition coefficient (Wildman–Crippen LogP) is 3.82. The fourth-order valence-electron chi connectivity index (χ4n) is 3.98. The van der Waals surface area contributed by atoms with Crippen molar-refractivity contribution in [2.75, 3.05) is 26.1 Å². The van der Waals surface area contributed by atoms with E-state index >= 15 is 0 Å². The number of benzene rings is 2. The molecule has 1 saturated heterocycles. The van der Waals surface area contributed by atoms with Crippen LogP contribution in [-0.4, -0.2) is 44.4 Å². The number of guanidine groups is 1. The monoisotopic (exact) mass is 501 g/mol. The zero-order valence-electron chi connectivity index (χ0n) is 18.9. The molecule has 1 unspecified atom stereocenters. The lowest BCUT2D eigenvalue weighted by molar-refractivity contribution is 0.384. The summed E-state index contributed by atoms with van der Waals surface area (Å²) >= 11 is 1.34. The third-order valence-electron chi connectivity index (χ3n) is 5.62. The van der Waals surface area contributed by atoms with Crippen molar-refractivity contribution in [3.63, 3.8) is 0 Å². The number of hydrogen-bond acceptors (Lipinski definition) is 7. The van der Waals surface area contributed by atoms with Crippen molar-refractivity contribution >= 4 is 32.5 Å². The molecule has 180 valence electrons. The first kappa shape index (κ1) is 24.0. The van der Waals surface area contributed by atoms with E-state index in [1.807, 2.05) is 23.6 Å². The van der Waals surface area contributed by atoms with Crippen molar-refractivity contribution in [1.29, 1.82) is 5.41 Å². The van der Waals surface area contributed by atoms with Crippen LogP contribution < -0.4 is 20.1 Å². The number of rotatable bonds is 8. The van der Waals surface area contributed by atoms with E-state index in [4.69, 9.17) is 14.9 Å². The van der Waals surface area contributed by atoms with E-state index in [0.717, 1.165) is 12.0 Å². The van der Waals surface area contributed by atoms with Crippen LogP contribution in [0.2, 0.25) is 0 Å². The maximum atomic E-state index is 13.1. The van der Waals surface area contributed by atoms with Crippen molar-refractivity contribution in [1.82, 2.24) is 14.6 Å². The summed E-state index contributed by atoms with van der Waals surface area (Å²) in [5.74, 6) is 1.39. The topological polar surface area (TPSA) is 117 Å². The average Bonchev–Trinajstić information content (AvgIpc) is 3.53. The molecular weight excluding hydrogens is 474 g/mol. The van der Waals surface area contributed by atoms with E-state index in [9.17, 15) is 8.42 Å². The summed E-state index contributed by atoms with van der Waals surface area (Å²) in [7, 11) is -0.430. The summed E-state index contributed by atoms with van der Waals surface area (Å²) < 4.78 is 38.6. The van der Waals surface area contributed by atoms with Crippen molar-refractivity contribution in [3.8, 4) is 11.5 Å². The van der Waals surface area contributed by atoms with Gasteiger partial charge in [-0.15, -0.1) is 11.3 Å². The number of nitrogens with zero attached hydrogens (tertiary/aromatic N) is 2. The van der Waals surface area contributed by atoms with E-state index in [0.29, 0.717) is 41.8 Å². The van der Waals surface area contributed by atoms with Crippen LogP contribution in [0.5, 0.6) is 11.5 Å². The van der Waals surface area contributed by atoms with Gasteiger partial charge in [0.25, 0.3) is 0 Å². The van der Waals surface area contributed by atoms with Gasteiger partial charge in [0.2, 0.25) is 10.0 Å². The molecule has 4 rings (SSSR count). The summed E-state index contributed by atoms with van der Waals surface area (Å²) in [5.41, 5.74) is 1.48. The first-order valence-corrected chi connectivity index (χ1v) is 13.1. The van der Waals surface area contributed by atoms with Gasteiger partial charge in [-0.2, -0.15) is 4.31 Å². The Bertz CT molecular complexity index is 1230. The largest absolute Gasteiger partial charge is 0.496 e. The van der Waals surface area contributed by atoms with Crippen LogP contribution in [0.4, 0.5) is 5.13 Å². The third-order valence-corrected chi connectivity index (χ3v) is 8.32. The Hall–Kier alpha value is -3.15. The number of methoxy groups -OCH3 is 2. The summed E-state index contributed by atoms with van der Waals surface area (Å²) in [4.78, 5) is 4.87. The number of hydrogen-bond donors (Lipinski definition) is 3.